The lowest BCUT2D eigenvalue weighted by atomic mass is 10.1. The Morgan fingerprint density at radius 3 is 3.00 bits per heavy atom. The predicted molar refractivity (Wildman–Crippen MR) is 55.5 cm³/mol. The summed E-state index contributed by atoms with van der Waals surface area (Å²) in [6, 6.07) is 4.13. The van der Waals surface area contributed by atoms with Crippen LogP contribution in [0.2, 0.25) is 0 Å². The number of aryl methyl sites for hydroxylation is 1. The third-order valence-electron chi connectivity index (χ3n) is 2.25. The summed E-state index contributed by atoms with van der Waals surface area (Å²) in [7, 11) is 0. The van der Waals surface area contributed by atoms with Crippen molar-refractivity contribution in [2.45, 2.75) is 32.9 Å². The molecule has 3 nitrogen and oxygen atoms in total. The van der Waals surface area contributed by atoms with Crippen molar-refractivity contribution in [1.29, 1.82) is 5.26 Å². The van der Waals surface area contributed by atoms with E-state index in [1.807, 2.05) is 26.1 Å². The average molecular weight is 189 g/mol. The molecule has 0 aromatic carbocycles. The van der Waals surface area contributed by atoms with Crippen molar-refractivity contribution in [3.05, 3.63) is 29.6 Å². The monoisotopic (exact) mass is 189 g/mol. The first kappa shape index (κ1) is 10.7. The van der Waals surface area contributed by atoms with Gasteiger partial charge >= 0.3 is 0 Å². The van der Waals surface area contributed by atoms with E-state index in [-0.39, 0.29) is 6.04 Å². The minimum Gasteiger partial charge on any atom is -0.298 e. The molecule has 1 unspecified atom stereocenters. The zero-order chi connectivity index (χ0) is 10.4. The van der Waals surface area contributed by atoms with Crippen LogP contribution >= 0.6 is 0 Å². The predicted octanol–water partition coefficient (Wildman–Crippen LogP) is 1.78. The van der Waals surface area contributed by atoms with Crippen LogP contribution in [-0.4, -0.2) is 11.0 Å². The van der Waals surface area contributed by atoms with E-state index in [1.54, 1.807) is 6.20 Å². The highest BCUT2D eigenvalue weighted by Crippen LogP contribution is 2.04. The molecule has 14 heavy (non-hydrogen) atoms. The Hall–Kier alpha value is -1.40. The molecule has 1 rings (SSSR count). The van der Waals surface area contributed by atoms with Crippen LogP contribution < -0.4 is 5.32 Å². The smallest absolute Gasteiger partial charge is 0.0952 e. The number of rotatable bonds is 4. The summed E-state index contributed by atoms with van der Waals surface area (Å²) in [5.74, 6) is 0. The molecular formula is C11H15N3. The number of nitrogens with one attached hydrogen (secondary N) is 1. The molecule has 0 radical (unpaired) electrons. The highest BCUT2D eigenvalue weighted by atomic mass is 14.9. The first-order valence-electron chi connectivity index (χ1n) is 4.80. The van der Waals surface area contributed by atoms with Gasteiger partial charge in [-0.1, -0.05) is 6.92 Å². The van der Waals surface area contributed by atoms with Gasteiger partial charge in [-0.3, -0.25) is 10.3 Å². The van der Waals surface area contributed by atoms with E-state index >= 15 is 0 Å². The van der Waals surface area contributed by atoms with Crippen molar-refractivity contribution in [2.75, 3.05) is 0 Å². The minimum atomic E-state index is -0.0605. The molecule has 0 saturated carbocycles. The summed E-state index contributed by atoms with van der Waals surface area (Å²) in [4.78, 5) is 4.05. The molecule has 1 atom stereocenters. The van der Waals surface area contributed by atoms with Gasteiger partial charge in [0.2, 0.25) is 0 Å². The van der Waals surface area contributed by atoms with E-state index < -0.39 is 0 Å². The lowest BCUT2D eigenvalue weighted by Crippen LogP contribution is -2.26. The van der Waals surface area contributed by atoms with Gasteiger partial charge in [0.05, 0.1) is 12.1 Å². The minimum absolute atomic E-state index is 0.0605. The van der Waals surface area contributed by atoms with Crippen molar-refractivity contribution in [3.63, 3.8) is 0 Å². The van der Waals surface area contributed by atoms with Gasteiger partial charge in [0.15, 0.2) is 0 Å². The molecule has 74 valence electrons. The molecule has 0 aliphatic rings. The summed E-state index contributed by atoms with van der Waals surface area (Å²) in [5, 5.41) is 11.9. The second kappa shape index (κ2) is 5.36. The zero-order valence-electron chi connectivity index (χ0n) is 8.62. The summed E-state index contributed by atoms with van der Waals surface area (Å²) >= 11 is 0. The molecule has 0 bridgehead atoms. The fraction of sp³-hybridized carbons (Fsp3) is 0.455. The molecule has 1 heterocycles. The van der Waals surface area contributed by atoms with Gasteiger partial charge in [-0.15, -0.1) is 0 Å². The number of hydrogen-bond acceptors (Lipinski definition) is 3. The third-order valence-corrected chi connectivity index (χ3v) is 2.25. The van der Waals surface area contributed by atoms with Crippen LogP contribution in [0, 0.1) is 18.3 Å². The van der Waals surface area contributed by atoms with Crippen LogP contribution in [0.15, 0.2) is 18.5 Å². The number of nitriles is 1. The molecule has 0 amide bonds. The Morgan fingerprint density at radius 2 is 2.43 bits per heavy atom. The van der Waals surface area contributed by atoms with Crippen LogP contribution in [0.3, 0.4) is 0 Å². The van der Waals surface area contributed by atoms with Gasteiger partial charge in [0.1, 0.15) is 0 Å². The number of hydrogen-bond donors (Lipinski definition) is 1. The summed E-state index contributed by atoms with van der Waals surface area (Å²) in [6.07, 6.45) is 4.45. The van der Waals surface area contributed by atoms with Gasteiger partial charge in [0, 0.05) is 18.9 Å². The van der Waals surface area contributed by atoms with Crippen LogP contribution in [0.4, 0.5) is 0 Å². The topological polar surface area (TPSA) is 48.7 Å². The molecule has 1 N–H and O–H groups in total. The van der Waals surface area contributed by atoms with Crippen molar-refractivity contribution in [1.82, 2.24) is 10.3 Å². The van der Waals surface area contributed by atoms with Crippen molar-refractivity contribution >= 4 is 0 Å². The van der Waals surface area contributed by atoms with E-state index in [2.05, 4.69) is 16.4 Å². The van der Waals surface area contributed by atoms with Crippen LogP contribution in [0.1, 0.15) is 24.5 Å². The Kier molecular flexibility index (Phi) is 4.09. The first-order valence-corrected chi connectivity index (χ1v) is 4.80. The second-order valence-corrected chi connectivity index (χ2v) is 3.27. The summed E-state index contributed by atoms with van der Waals surface area (Å²) in [6.45, 7) is 4.76. The van der Waals surface area contributed by atoms with E-state index in [9.17, 15) is 0 Å². The van der Waals surface area contributed by atoms with Gasteiger partial charge in [-0.25, -0.2) is 0 Å². The van der Waals surface area contributed by atoms with Gasteiger partial charge in [-0.05, 0) is 30.5 Å². The normalized spacial score (nSPS) is 12.1. The maximum Gasteiger partial charge on any atom is 0.0952 e. The van der Waals surface area contributed by atoms with E-state index in [0.29, 0.717) is 6.54 Å². The maximum atomic E-state index is 8.75. The summed E-state index contributed by atoms with van der Waals surface area (Å²) in [5.41, 5.74) is 2.36. The van der Waals surface area contributed by atoms with E-state index in [1.165, 1.54) is 5.56 Å². The molecular weight excluding hydrogens is 174 g/mol. The Labute approximate surface area is 84.8 Å². The molecule has 3 heteroatoms. The molecule has 0 aliphatic carbocycles. The average Bonchev–Trinajstić information content (AvgIpc) is 2.22. The fourth-order valence-electron chi connectivity index (χ4n) is 1.20. The molecule has 0 spiro atoms. The molecule has 1 aromatic heterocycles. The highest BCUT2D eigenvalue weighted by Gasteiger charge is 2.03. The van der Waals surface area contributed by atoms with Gasteiger partial charge in [0.25, 0.3) is 0 Å². The quantitative estimate of drug-likeness (QED) is 0.785. The van der Waals surface area contributed by atoms with Crippen LogP contribution in [0.25, 0.3) is 0 Å². The lowest BCUT2D eigenvalue weighted by Gasteiger charge is -2.10. The van der Waals surface area contributed by atoms with Gasteiger partial charge in [-0.2, -0.15) is 5.26 Å². The highest BCUT2D eigenvalue weighted by molar-refractivity contribution is 5.21. The Morgan fingerprint density at radius 1 is 1.64 bits per heavy atom. The molecule has 0 aliphatic heterocycles. The largest absolute Gasteiger partial charge is 0.298 e. The summed E-state index contributed by atoms with van der Waals surface area (Å²) < 4.78 is 0. The van der Waals surface area contributed by atoms with Crippen molar-refractivity contribution in [3.8, 4) is 6.07 Å². The second-order valence-electron chi connectivity index (χ2n) is 3.27. The number of aromatic nitrogens is 1. The van der Waals surface area contributed by atoms with Crippen molar-refractivity contribution in [2.24, 2.45) is 0 Å². The van der Waals surface area contributed by atoms with Crippen molar-refractivity contribution < 1.29 is 0 Å². The van der Waals surface area contributed by atoms with Gasteiger partial charge < -0.3 is 0 Å². The molecule has 1 aromatic rings. The first-order chi connectivity index (χ1) is 6.77. The SMILES string of the molecule is CCC(C#N)NCc1cnccc1C. The number of pyridine rings is 1. The maximum absolute atomic E-state index is 8.75. The fourth-order valence-corrected chi connectivity index (χ4v) is 1.20. The lowest BCUT2D eigenvalue weighted by molar-refractivity contribution is 0.585. The van der Waals surface area contributed by atoms with E-state index in [0.717, 1.165) is 12.0 Å². The Bertz CT molecular complexity index is 328. The van der Waals surface area contributed by atoms with Crippen LogP contribution in [-0.2, 0) is 6.54 Å². The third kappa shape index (κ3) is 2.82. The Balaban J connectivity index is 2.54. The van der Waals surface area contributed by atoms with E-state index in [4.69, 9.17) is 5.26 Å². The standard InChI is InChI=1S/C11H15N3/c1-3-11(6-12)14-8-10-7-13-5-4-9(10)2/h4-5,7,11,14H,3,8H2,1-2H3. The zero-order valence-corrected chi connectivity index (χ0v) is 8.62. The van der Waals surface area contributed by atoms with Crippen LogP contribution in [0.5, 0.6) is 0 Å². The number of nitrogens with zero attached hydrogens (tertiary/aromatic N) is 2. The molecule has 0 fully saturated rings. The molecule has 0 saturated heterocycles.